The summed E-state index contributed by atoms with van der Waals surface area (Å²) in [5, 5.41) is 8.00. The van der Waals surface area contributed by atoms with Crippen LogP contribution in [0, 0.1) is 12.8 Å². The molecule has 1 unspecified atom stereocenters. The van der Waals surface area contributed by atoms with E-state index in [9.17, 15) is 14.4 Å². The normalized spacial score (nSPS) is 21.9. The van der Waals surface area contributed by atoms with Gasteiger partial charge < -0.3 is 9.69 Å². The molecule has 0 radical (unpaired) electrons. The average Bonchev–Trinajstić information content (AvgIpc) is 2.98. The standard InChI is InChI=1S/C19H22N4O3/c1-12-15-10-14(22-8-6-13(11-24)7-9-22)2-3-16(15)23(21-12)17-4-5-18(25)20-19(17)26/h2-3,10-11,13,17H,4-9H2,1H3,(H,20,25,26). The maximum Gasteiger partial charge on any atom is 0.251 e. The van der Waals surface area contributed by atoms with Gasteiger partial charge in [-0.15, -0.1) is 0 Å². The van der Waals surface area contributed by atoms with E-state index in [1.54, 1.807) is 4.68 Å². The van der Waals surface area contributed by atoms with Crippen LogP contribution in [-0.2, 0) is 14.4 Å². The molecule has 1 aromatic carbocycles. The van der Waals surface area contributed by atoms with E-state index in [1.807, 2.05) is 19.1 Å². The molecular weight excluding hydrogens is 332 g/mol. The second kappa shape index (κ2) is 6.55. The van der Waals surface area contributed by atoms with Crippen LogP contribution in [0.1, 0.15) is 37.4 Å². The number of nitrogens with zero attached hydrogens (tertiary/aromatic N) is 3. The van der Waals surface area contributed by atoms with E-state index in [4.69, 9.17) is 0 Å². The van der Waals surface area contributed by atoms with Crippen LogP contribution in [0.3, 0.4) is 0 Å². The first-order valence-corrected chi connectivity index (χ1v) is 9.09. The lowest BCUT2D eigenvalue weighted by Crippen LogP contribution is -2.42. The highest BCUT2D eigenvalue weighted by Crippen LogP contribution is 2.30. The molecule has 2 fully saturated rings. The minimum absolute atomic E-state index is 0.173. The fourth-order valence-corrected chi connectivity index (χ4v) is 3.93. The number of nitrogens with one attached hydrogen (secondary N) is 1. The Kier molecular flexibility index (Phi) is 4.22. The Morgan fingerprint density at radius 1 is 1.19 bits per heavy atom. The van der Waals surface area contributed by atoms with Crippen molar-refractivity contribution in [2.24, 2.45) is 5.92 Å². The van der Waals surface area contributed by atoms with Gasteiger partial charge in [-0.25, -0.2) is 0 Å². The molecular formula is C19H22N4O3. The van der Waals surface area contributed by atoms with E-state index >= 15 is 0 Å². The van der Waals surface area contributed by atoms with Crippen LogP contribution in [0.15, 0.2) is 18.2 Å². The highest BCUT2D eigenvalue weighted by atomic mass is 16.2. The molecule has 2 aromatic rings. The third-order valence-electron chi connectivity index (χ3n) is 5.48. The number of aromatic nitrogens is 2. The molecule has 2 aliphatic rings. The van der Waals surface area contributed by atoms with Crippen LogP contribution in [0.2, 0.25) is 0 Å². The smallest absolute Gasteiger partial charge is 0.251 e. The molecule has 7 nitrogen and oxygen atoms in total. The highest BCUT2D eigenvalue weighted by Gasteiger charge is 2.30. The van der Waals surface area contributed by atoms with Gasteiger partial charge >= 0.3 is 0 Å². The first kappa shape index (κ1) is 16.8. The molecule has 2 amide bonds. The molecule has 0 bridgehead atoms. The van der Waals surface area contributed by atoms with Crippen LogP contribution >= 0.6 is 0 Å². The van der Waals surface area contributed by atoms with Gasteiger partial charge in [-0.2, -0.15) is 5.10 Å². The molecule has 2 aliphatic heterocycles. The summed E-state index contributed by atoms with van der Waals surface area (Å²) >= 11 is 0. The molecule has 4 rings (SSSR count). The summed E-state index contributed by atoms with van der Waals surface area (Å²) in [5.74, 6) is -0.335. The molecule has 0 spiro atoms. The summed E-state index contributed by atoms with van der Waals surface area (Å²) in [6.07, 6.45) is 3.64. The van der Waals surface area contributed by atoms with Crippen molar-refractivity contribution < 1.29 is 14.4 Å². The van der Waals surface area contributed by atoms with Crippen molar-refractivity contribution in [2.75, 3.05) is 18.0 Å². The molecule has 3 heterocycles. The third kappa shape index (κ3) is 2.87. The number of carbonyl (C=O) groups is 3. The average molecular weight is 354 g/mol. The Labute approximate surface area is 151 Å². The molecule has 7 heteroatoms. The zero-order chi connectivity index (χ0) is 18.3. The van der Waals surface area contributed by atoms with Crippen LogP contribution in [0.25, 0.3) is 10.9 Å². The van der Waals surface area contributed by atoms with Gasteiger partial charge in [0.1, 0.15) is 12.3 Å². The van der Waals surface area contributed by atoms with Gasteiger partial charge in [-0.3, -0.25) is 19.6 Å². The Morgan fingerprint density at radius 2 is 1.96 bits per heavy atom. The van der Waals surface area contributed by atoms with Gasteiger partial charge in [-0.05, 0) is 44.4 Å². The Balaban J connectivity index is 1.64. The zero-order valence-electron chi connectivity index (χ0n) is 14.8. The largest absolute Gasteiger partial charge is 0.371 e. The number of benzene rings is 1. The number of hydrogen-bond acceptors (Lipinski definition) is 5. The van der Waals surface area contributed by atoms with E-state index in [0.717, 1.165) is 54.5 Å². The SMILES string of the molecule is Cc1nn(C2CCC(=O)NC2=O)c2ccc(N3CCC(C=O)CC3)cc12. The van der Waals surface area contributed by atoms with Crippen molar-refractivity contribution >= 4 is 34.7 Å². The fourth-order valence-electron chi connectivity index (χ4n) is 3.93. The van der Waals surface area contributed by atoms with Gasteiger partial charge in [0.05, 0.1) is 11.2 Å². The van der Waals surface area contributed by atoms with Gasteiger partial charge in [0.15, 0.2) is 0 Å². The lowest BCUT2D eigenvalue weighted by Gasteiger charge is -2.31. The minimum atomic E-state index is -0.446. The number of rotatable bonds is 3. The van der Waals surface area contributed by atoms with Crippen LogP contribution in [0.4, 0.5) is 5.69 Å². The zero-order valence-corrected chi connectivity index (χ0v) is 14.8. The Bertz CT molecular complexity index is 880. The minimum Gasteiger partial charge on any atom is -0.371 e. The molecule has 26 heavy (non-hydrogen) atoms. The Morgan fingerprint density at radius 3 is 2.65 bits per heavy atom. The van der Waals surface area contributed by atoms with Crippen LogP contribution in [0.5, 0.6) is 0 Å². The summed E-state index contributed by atoms with van der Waals surface area (Å²) in [5.41, 5.74) is 2.89. The number of aldehydes is 1. The lowest BCUT2D eigenvalue weighted by molar-refractivity contribution is -0.135. The second-order valence-electron chi connectivity index (χ2n) is 7.16. The van der Waals surface area contributed by atoms with Gasteiger partial charge in [0.25, 0.3) is 5.91 Å². The summed E-state index contributed by atoms with van der Waals surface area (Å²) < 4.78 is 1.74. The van der Waals surface area contributed by atoms with Crippen molar-refractivity contribution in [3.8, 4) is 0 Å². The van der Waals surface area contributed by atoms with E-state index in [1.165, 1.54) is 0 Å². The van der Waals surface area contributed by atoms with Crippen molar-refractivity contribution in [1.29, 1.82) is 0 Å². The predicted octanol–water partition coefficient (Wildman–Crippen LogP) is 1.74. The number of carbonyl (C=O) groups excluding carboxylic acids is 3. The third-order valence-corrected chi connectivity index (χ3v) is 5.48. The number of anilines is 1. The molecule has 1 atom stereocenters. The maximum atomic E-state index is 12.2. The maximum absolute atomic E-state index is 12.2. The molecule has 1 N–H and O–H groups in total. The van der Waals surface area contributed by atoms with Gasteiger partial charge in [0.2, 0.25) is 5.91 Å². The summed E-state index contributed by atoms with van der Waals surface area (Å²) in [4.78, 5) is 36.8. The number of imide groups is 1. The van der Waals surface area contributed by atoms with Crippen LogP contribution < -0.4 is 10.2 Å². The van der Waals surface area contributed by atoms with Crippen molar-refractivity contribution in [1.82, 2.24) is 15.1 Å². The number of amides is 2. The molecule has 1 aromatic heterocycles. The number of hydrogen-bond donors (Lipinski definition) is 1. The topological polar surface area (TPSA) is 84.3 Å². The molecule has 0 saturated carbocycles. The summed E-state index contributed by atoms with van der Waals surface area (Å²) in [7, 11) is 0. The molecule has 136 valence electrons. The summed E-state index contributed by atoms with van der Waals surface area (Å²) in [6.45, 7) is 3.68. The predicted molar refractivity (Wildman–Crippen MR) is 96.9 cm³/mol. The first-order valence-electron chi connectivity index (χ1n) is 9.09. The van der Waals surface area contributed by atoms with Crippen LogP contribution in [-0.4, -0.2) is 41.0 Å². The van der Waals surface area contributed by atoms with Crippen molar-refractivity contribution in [2.45, 2.75) is 38.6 Å². The number of fused-ring (bicyclic) bond motifs is 1. The monoisotopic (exact) mass is 354 g/mol. The molecule has 2 saturated heterocycles. The highest BCUT2D eigenvalue weighted by molar-refractivity contribution is 6.00. The fraction of sp³-hybridized carbons (Fsp3) is 0.474. The first-order chi connectivity index (χ1) is 12.6. The van der Waals surface area contributed by atoms with Gasteiger partial charge in [0, 0.05) is 36.5 Å². The van der Waals surface area contributed by atoms with E-state index in [0.29, 0.717) is 12.8 Å². The van der Waals surface area contributed by atoms with E-state index in [-0.39, 0.29) is 17.7 Å². The number of piperidine rings is 2. The quantitative estimate of drug-likeness (QED) is 0.670. The van der Waals surface area contributed by atoms with Crippen molar-refractivity contribution in [3.63, 3.8) is 0 Å². The van der Waals surface area contributed by atoms with Crippen molar-refractivity contribution in [3.05, 3.63) is 23.9 Å². The van der Waals surface area contributed by atoms with Gasteiger partial charge in [-0.1, -0.05) is 0 Å². The second-order valence-corrected chi connectivity index (χ2v) is 7.16. The Hall–Kier alpha value is -2.70. The van der Waals surface area contributed by atoms with E-state index in [2.05, 4.69) is 21.4 Å². The number of aryl methyl sites for hydroxylation is 1. The lowest BCUT2D eigenvalue weighted by atomic mass is 9.98. The van der Waals surface area contributed by atoms with E-state index < -0.39 is 6.04 Å². The summed E-state index contributed by atoms with van der Waals surface area (Å²) in [6, 6.07) is 5.72. The molecule has 0 aliphatic carbocycles.